The second-order valence-corrected chi connectivity index (χ2v) is 10.8. The maximum Gasteiger partial charge on any atom is 0.258 e. The van der Waals surface area contributed by atoms with Crippen LogP contribution in [-0.4, -0.2) is 30.7 Å². The minimum absolute atomic E-state index is 0.00503. The van der Waals surface area contributed by atoms with E-state index in [1.807, 2.05) is 25.1 Å². The monoisotopic (exact) mass is 451 g/mol. The van der Waals surface area contributed by atoms with Gasteiger partial charge in [0.05, 0.1) is 10.9 Å². The van der Waals surface area contributed by atoms with E-state index in [-0.39, 0.29) is 32.8 Å². The van der Waals surface area contributed by atoms with Gasteiger partial charge in [0.25, 0.3) is 5.56 Å². The summed E-state index contributed by atoms with van der Waals surface area (Å²) in [5.41, 5.74) is -0.231. The van der Waals surface area contributed by atoms with Gasteiger partial charge in [-0.1, -0.05) is 36.7 Å². The molecule has 0 amide bonds. The highest BCUT2D eigenvalue weighted by Gasteiger charge is 2.23. The Hall–Kier alpha value is -1.93. The topological polar surface area (TPSA) is 91.9 Å². The molecule has 8 heteroatoms. The minimum Gasteiger partial charge on any atom is -0.367 e. The van der Waals surface area contributed by atoms with Crippen LogP contribution in [0, 0.1) is 5.41 Å². The van der Waals surface area contributed by atoms with Crippen molar-refractivity contribution in [2.45, 2.75) is 38.6 Å². The summed E-state index contributed by atoms with van der Waals surface area (Å²) >= 11 is 3.44. The van der Waals surface area contributed by atoms with E-state index in [1.54, 1.807) is 0 Å². The molecule has 1 atom stereocenters. The predicted octanol–water partition coefficient (Wildman–Crippen LogP) is 4.09. The van der Waals surface area contributed by atoms with Crippen LogP contribution in [0.5, 0.6) is 0 Å². The molecule has 144 valence electrons. The van der Waals surface area contributed by atoms with Crippen LogP contribution >= 0.6 is 15.9 Å². The number of rotatable bonds is 3. The highest BCUT2D eigenvalue weighted by Crippen LogP contribution is 2.33. The van der Waals surface area contributed by atoms with E-state index in [1.165, 1.54) is 6.20 Å². The van der Waals surface area contributed by atoms with Crippen LogP contribution in [0.15, 0.2) is 38.6 Å². The number of hydrogen-bond donors (Lipinski definition) is 2. The van der Waals surface area contributed by atoms with Gasteiger partial charge >= 0.3 is 0 Å². The van der Waals surface area contributed by atoms with Gasteiger partial charge in [-0.2, -0.15) is 0 Å². The molecule has 27 heavy (non-hydrogen) atoms. The Morgan fingerprint density at radius 2 is 1.89 bits per heavy atom. The lowest BCUT2D eigenvalue weighted by atomic mass is 9.88. The second-order valence-electron chi connectivity index (χ2n) is 7.86. The molecule has 1 aromatic carbocycles. The number of anilines is 1. The van der Waals surface area contributed by atoms with Gasteiger partial charge in [-0.25, -0.2) is 13.4 Å². The number of pyridine rings is 2. The Kier molecular flexibility index (Phi) is 4.84. The largest absolute Gasteiger partial charge is 0.367 e. The Morgan fingerprint density at radius 1 is 1.22 bits per heavy atom. The van der Waals surface area contributed by atoms with Gasteiger partial charge in [0, 0.05) is 33.7 Å². The first-order valence-electron chi connectivity index (χ1n) is 8.51. The molecule has 0 bridgehead atoms. The number of sulfone groups is 1. The van der Waals surface area contributed by atoms with E-state index >= 15 is 0 Å². The van der Waals surface area contributed by atoms with Crippen molar-refractivity contribution in [1.29, 1.82) is 0 Å². The molecular weight excluding hydrogens is 430 g/mol. The molecule has 0 aliphatic rings. The molecule has 0 spiro atoms. The van der Waals surface area contributed by atoms with Crippen LogP contribution in [-0.2, 0) is 9.84 Å². The van der Waals surface area contributed by atoms with E-state index in [4.69, 9.17) is 0 Å². The van der Waals surface area contributed by atoms with Crippen LogP contribution in [0.3, 0.4) is 0 Å². The zero-order valence-electron chi connectivity index (χ0n) is 15.8. The molecule has 0 aliphatic carbocycles. The molecule has 0 saturated heterocycles. The SMILES string of the molecule is CC(Nc1nc2c(S(C)(=O)=O)c[nH]c(=O)c2c2cc(Br)ccc12)C(C)(C)C. The van der Waals surface area contributed by atoms with Gasteiger partial charge in [0.1, 0.15) is 10.7 Å². The number of benzene rings is 1. The predicted molar refractivity (Wildman–Crippen MR) is 113 cm³/mol. The zero-order valence-corrected chi connectivity index (χ0v) is 18.2. The lowest BCUT2D eigenvalue weighted by Crippen LogP contribution is -2.31. The Balaban J connectivity index is 2.47. The second kappa shape index (κ2) is 6.60. The van der Waals surface area contributed by atoms with Gasteiger partial charge in [-0.05, 0) is 30.5 Å². The molecule has 2 N–H and O–H groups in total. The van der Waals surface area contributed by atoms with Crippen LogP contribution in [0.4, 0.5) is 5.82 Å². The van der Waals surface area contributed by atoms with Crippen molar-refractivity contribution in [3.63, 3.8) is 0 Å². The van der Waals surface area contributed by atoms with E-state index in [0.29, 0.717) is 11.2 Å². The summed E-state index contributed by atoms with van der Waals surface area (Å²) in [7, 11) is -3.57. The molecule has 3 rings (SSSR count). The zero-order chi connectivity index (χ0) is 20.1. The fourth-order valence-electron chi connectivity index (χ4n) is 2.78. The summed E-state index contributed by atoms with van der Waals surface area (Å²) in [4.78, 5) is 19.7. The Labute approximate surface area is 166 Å². The molecule has 2 aromatic heterocycles. The van der Waals surface area contributed by atoms with Crippen molar-refractivity contribution in [1.82, 2.24) is 9.97 Å². The molecule has 1 unspecified atom stereocenters. The normalized spacial score (nSPS) is 13.9. The first kappa shape index (κ1) is 19.8. The van der Waals surface area contributed by atoms with Crippen molar-refractivity contribution < 1.29 is 8.42 Å². The van der Waals surface area contributed by atoms with E-state index in [9.17, 15) is 13.2 Å². The van der Waals surface area contributed by atoms with Crippen LogP contribution in [0.2, 0.25) is 0 Å². The fraction of sp³-hybridized carbons (Fsp3) is 0.368. The molecule has 2 heterocycles. The van der Waals surface area contributed by atoms with Crippen molar-refractivity contribution in [3.8, 4) is 0 Å². The van der Waals surface area contributed by atoms with Crippen LogP contribution < -0.4 is 10.9 Å². The average molecular weight is 452 g/mol. The molecule has 0 fully saturated rings. The third-order valence-corrected chi connectivity index (χ3v) is 6.42. The van der Waals surface area contributed by atoms with Crippen molar-refractivity contribution in [2.75, 3.05) is 11.6 Å². The fourth-order valence-corrected chi connectivity index (χ4v) is 3.91. The van der Waals surface area contributed by atoms with Gasteiger partial charge in [0.2, 0.25) is 0 Å². The maximum atomic E-state index is 12.5. The van der Waals surface area contributed by atoms with Crippen molar-refractivity contribution >= 4 is 53.3 Å². The number of halogens is 1. The molecular formula is C19H22BrN3O3S. The van der Waals surface area contributed by atoms with Crippen LogP contribution in [0.25, 0.3) is 21.7 Å². The van der Waals surface area contributed by atoms with E-state index in [2.05, 4.69) is 52.0 Å². The first-order valence-corrected chi connectivity index (χ1v) is 11.2. The average Bonchev–Trinajstić information content (AvgIpc) is 2.52. The lowest BCUT2D eigenvalue weighted by Gasteiger charge is -2.29. The highest BCUT2D eigenvalue weighted by atomic mass is 79.9. The Morgan fingerprint density at radius 3 is 2.48 bits per heavy atom. The molecule has 0 saturated carbocycles. The first-order chi connectivity index (χ1) is 12.4. The number of hydrogen-bond acceptors (Lipinski definition) is 5. The number of H-pyrrole nitrogens is 1. The van der Waals surface area contributed by atoms with Gasteiger partial charge in [-0.15, -0.1) is 0 Å². The van der Waals surface area contributed by atoms with Crippen LogP contribution in [0.1, 0.15) is 27.7 Å². The van der Waals surface area contributed by atoms with Crippen molar-refractivity contribution in [2.24, 2.45) is 5.41 Å². The summed E-state index contributed by atoms with van der Waals surface area (Å²) in [5.74, 6) is 0.558. The lowest BCUT2D eigenvalue weighted by molar-refractivity contribution is 0.359. The minimum atomic E-state index is -3.57. The quantitative estimate of drug-likeness (QED) is 0.584. The number of aromatic nitrogens is 2. The molecule has 6 nitrogen and oxygen atoms in total. The summed E-state index contributed by atoms with van der Waals surface area (Å²) in [6.07, 6.45) is 2.32. The third kappa shape index (κ3) is 3.73. The molecule has 3 aromatic rings. The summed E-state index contributed by atoms with van der Waals surface area (Å²) in [6.45, 7) is 8.37. The standard InChI is InChI=1S/C19H22BrN3O3S/c1-10(19(2,3)4)22-17-12-7-6-11(20)8-13(12)15-16(23-17)14(27(5,25)26)9-21-18(15)24/h6-10H,1-5H3,(H,21,24)(H,22,23). The summed E-state index contributed by atoms with van der Waals surface area (Å²) in [5, 5.41) is 5.07. The van der Waals surface area contributed by atoms with E-state index in [0.717, 1.165) is 16.1 Å². The smallest absolute Gasteiger partial charge is 0.258 e. The van der Waals surface area contributed by atoms with Gasteiger partial charge < -0.3 is 10.3 Å². The highest BCUT2D eigenvalue weighted by molar-refractivity contribution is 9.10. The molecule has 0 aliphatic heterocycles. The molecule has 0 radical (unpaired) electrons. The third-order valence-electron chi connectivity index (χ3n) is 4.81. The number of nitrogens with one attached hydrogen (secondary N) is 2. The summed E-state index contributed by atoms with van der Waals surface area (Å²) < 4.78 is 25.3. The number of nitrogens with zero attached hydrogens (tertiary/aromatic N) is 1. The van der Waals surface area contributed by atoms with Crippen molar-refractivity contribution in [3.05, 3.63) is 39.2 Å². The van der Waals surface area contributed by atoms with Gasteiger partial charge in [0.15, 0.2) is 9.84 Å². The summed E-state index contributed by atoms with van der Waals surface area (Å²) in [6, 6.07) is 5.62. The maximum absolute atomic E-state index is 12.5. The number of aromatic amines is 1. The van der Waals surface area contributed by atoms with Gasteiger partial charge in [-0.3, -0.25) is 4.79 Å². The van der Waals surface area contributed by atoms with E-state index < -0.39 is 9.84 Å². The number of fused-ring (bicyclic) bond motifs is 3. The Bertz CT molecular complexity index is 1210.